The first-order valence-electron chi connectivity index (χ1n) is 12.4. The first-order valence-corrected chi connectivity index (χ1v) is 12.4. The van der Waals surface area contributed by atoms with E-state index in [1.54, 1.807) is 4.90 Å². The van der Waals surface area contributed by atoms with Crippen LogP contribution in [-0.2, 0) is 17.8 Å². The Morgan fingerprint density at radius 3 is 2.75 bits per heavy atom. The highest BCUT2D eigenvalue weighted by Crippen LogP contribution is 2.38. The lowest BCUT2D eigenvalue weighted by atomic mass is 9.87. The third-order valence-electron chi connectivity index (χ3n) is 7.47. The second-order valence-electron chi connectivity index (χ2n) is 9.76. The van der Waals surface area contributed by atoms with Crippen LogP contribution < -0.4 is 5.32 Å². The number of aromatic nitrogens is 5. The van der Waals surface area contributed by atoms with Crippen molar-refractivity contribution in [3.63, 3.8) is 0 Å². The predicted octanol–water partition coefficient (Wildman–Crippen LogP) is 4.38. The number of nitrogens with zero attached hydrogens (tertiary/aromatic N) is 6. The van der Waals surface area contributed by atoms with Gasteiger partial charge in [-0.25, -0.2) is 9.97 Å². The van der Waals surface area contributed by atoms with Crippen LogP contribution in [-0.4, -0.2) is 53.6 Å². The van der Waals surface area contributed by atoms with E-state index in [-0.39, 0.29) is 13.3 Å². The van der Waals surface area contributed by atoms with Gasteiger partial charge in [0.15, 0.2) is 0 Å². The van der Waals surface area contributed by atoms with Gasteiger partial charge in [-0.15, -0.1) is 0 Å². The average molecular weight is 488 g/mol. The summed E-state index contributed by atoms with van der Waals surface area (Å²) in [4.78, 5) is 32.2. The van der Waals surface area contributed by atoms with Crippen molar-refractivity contribution in [3.05, 3.63) is 48.0 Å². The molecule has 2 N–H and O–H groups in total. The van der Waals surface area contributed by atoms with Crippen molar-refractivity contribution in [1.29, 1.82) is 0 Å². The number of aliphatic hydroxyl groups excluding tert-OH is 1. The minimum absolute atomic E-state index is 0. The second-order valence-corrected chi connectivity index (χ2v) is 9.76. The van der Waals surface area contributed by atoms with Crippen molar-refractivity contribution in [3.8, 4) is 0 Å². The van der Waals surface area contributed by atoms with E-state index >= 15 is 0 Å². The molecule has 4 aromatic rings. The monoisotopic (exact) mass is 487 g/mol. The number of rotatable bonds is 4. The zero-order valence-corrected chi connectivity index (χ0v) is 19.8. The second kappa shape index (κ2) is 9.81. The minimum Gasteiger partial charge on any atom is -0.387 e. The molecule has 5 heterocycles. The summed E-state index contributed by atoms with van der Waals surface area (Å²) >= 11 is 0. The fraction of sp³-hybridized carbons (Fsp3) is 0.444. The molecule has 0 radical (unpaired) electrons. The number of amides is 1. The molecule has 9 heteroatoms. The largest absolute Gasteiger partial charge is 0.387 e. The number of fused-ring (bicyclic) bond motifs is 4. The molecule has 9 nitrogen and oxygen atoms in total. The van der Waals surface area contributed by atoms with E-state index in [0.29, 0.717) is 37.3 Å². The zero-order valence-electron chi connectivity index (χ0n) is 19.8. The predicted molar refractivity (Wildman–Crippen MR) is 140 cm³/mol. The van der Waals surface area contributed by atoms with Gasteiger partial charge in [0.1, 0.15) is 18.1 Å². The van der Waals surface area contributed by atoms with E-state index in [9.17, 15) is 4.79 Å². The topological polar surface area (TPSA) is 109 Å². The number of nitrogens with one attached hydrogen (secondary N) is 1. The summed E-state index contributed by atoms with van der Waals surface area (Å²) in [7, 11) is 0. The molecule has 1 aliphatic heterocycles. The lowest BCUT2D eigenvalue weighted by Gasteiger charge is -2.28. The first-order chi connectivity index (χ1) is 17.1. The summed E-state index contributed by atoms with van der Waals surface area (Å²) in [5.41, 5.74) is 4.00. The third kappa shape index (κ3) is 4.28. The Morgan fingerprint density at radius 1 is 1.11 bits per heavy atom. The Balaban J connectivity index is 0.00000267. The van der Waals surface area contributed by atoms with Crippen molar-refractivity contribution in [2.45, 2.75) is 59.0 Å². The van der Waals surface area contributed by atoms with E-state index in [2.05, 4.69) is 26.8 Å². The molecule has 0 atom stereocenters. The summed E-state index contributed by atoms with van der Waals surface area (Å²) < 4.78 is 2.36. The van der Waals surface area contributed by atoms with Crippen LogP contribution in [0.4, 0.5) is 11.8 Å². The Kier molecular flexibility index (Phi) is 6.57. The Hall–Kier alpha value is -3.59. The molecule has 188 valence electrons. The lowest BCUT2D eigenvalue weighted by Crippen LogP contribution is -2.37. The van der Waals surface area contributed by atoms with Crippen molar-refractivity contribution < 1.29 is 9.90 Å². The van der Waals surface area contributed by atoms with E-state index in [1.807, 2.05) is 36.8 Å². The van der Waals surface area contributed by atoms with Crippen LogP contribution in [0.1, 0.15) is 57.3 Å². The summed E-state index contributed by atoms with van der Waals surface area (Å²) in [6.07, 6.45) is 11.0. The molecular formula is C27H33N7O2. The van der Waals surface area contributed by atoms with Gasteiger partial charge < -0.3 is 19.9 Å². The molecule has 1 fully saturated rings. The summed E-state index contributed by atoms with van der Waals surface area (Å²) in [6.45, 7) is 2.90. The molecule has 0 aromatic carbocycles. The van der Waals surface area contributed by atoms with Crippen molar-refractivity contribution in [1.82, 2.24) is 29.4 Å². The molecule has 0 saturated heterocycles. The zero-order chi connectivity index (χ0) is 23.9. The number of hydrogen-bond donors (Lipinski definition) is 2. The van der Waals surface area contributed by atoms with Crippen LogP contribution in [0.15, 0.2) is 36.8 Å². The van der Waals surface area contributed by atoms with E-state index in [4.69, 9.17) is 15.1 Å². The first kappa shape index (κ1) is 24.1. The Labute approximate surface area is 210 Å². The molecule has 1 aliphatic carbocycles. The number of anilines is 2. The number of carbonyl (C=O) groups is 1. The lowest BCUT2D eigenvalue weighted by molar-refractivity contribution is -0.135. The highest BCUT2D eigenvalue weighted by molar-refractivity contribution is 6.06. The van der Waals surface area contributed by atoms with Gasteiger partial charge in [-0.1, -0.05) is 20.4 Å². The average Bonchev–Trinajstić information content (AvgIpc) is 3.22. The van der Waals surface area contributed by atoms with Gasteiger partial charge in [-0.2, -0.15) is 4.98 Å². The highest BCUT2D eigenvalue weighted by atomic mass is 16.3. The maximum atomic E-state index is 11.8. The molecule has 36 heavy (non-hydrogen) atoms. The summed E-state index contributed by atoms with van der Waals surface area (Å²) in [5, 5.41) is 14.6. The van der Waals surface area contributed by atoms with Crippen LogP contribution >= 0.6 is 0 Å². The number of hydrogen-bond acceptors (Lipinski definition) is 7. The van der Waals surface area contributed by atoms with Gasteiger partial charge in [-0.05, 0) is 49.3 Å². The van der Waals surface area contributed by atoms with Gasteiger partial charge in [0.25, 0.3) is 0 Å². The fourth-order valence-corrected chi connectivity index (χ4v) is 5.51. The number of aliphatic hydroxyl groups is 1. The van der Waals surface area contributed by atoms with E-state index in [1.165, 1.54) is 12.8 Å². The van der Waals surface area contributed by atoms with Gasteiger partial charge in [0.05, 0.1) is 11.7 Å². The van der Waals surface area contributed by atoms with Gasteiger partial charge in [0, 0.05) is 54.4 Å². The standard InChI is InChI=1S/C26H29N7O2.CH4/c1-16-2-5-18(6-3-16)33-22-13-27-10-8-19(22)20-12-28-26(31-25(20)33)30-23-7-4-17-14-32(24(35)15-34)11-9-21(17)29-23;/h4,7-8,10,12-13,16,18,34H,2-3,5-6,9,11,14-15H2,1H3,(H,28,29,30,31);1H4. The van der Waals surface area contributed by atoms with E-state index in [0.717, 1.165) is 52.0 Å². The van der Waals surface area contributed by atoms with Gasteiger partial charge >= 0.3 is 0 Å². The molecule has 1 amide bonds. The van der Waals surface area contributed by atoms with Crippen LogP contribution in [0.3, 0.4) is 0 Å². The maximum Gasteiger partial charge on any atom is 0.248 e. The maximum absolute atomic E-state index is 11.8. The van der Waals surface area contributed by atoms with Crippen LogP contribution in [0.25, 0.3) is 21.9 Å². The molecule has 6 rings (SSSR count). The van der Waals surface area contributed by atoms with Crippen LogP contribution in [0.2, 0.25) is 0 Å². The smallest absolute Gasteiger partial charge is 0.248 e. The molecule has 4 aromatic heterocycles. The van der Waals surface area contributed by atoms with Gasteiger partial charge in [-0.3, -0.25) is 9.78 Å². The molecule has 0 bridgehead atoms. The molecule has 2 aliphatic rings. The fourth-order valence-electron chi connectivity index (χ4n) is 5.51. The van der Waals surface area contributed by atoms with Crippen molar-refractivity contribution >= 4 is 39.6 Å². The number of pyridine rings is 2. The molecule has 0 unspecified atom stereocenters. The normalized spacial score (nSPS) is 19.7. The van der Waals surface area contributed by atoms with Gasteiger partial charge in [0.2, 0.25) is 11.9 Å². The van der Waals surface area contributed by atoms with Crippen LogP contribution in [0, 0.1) is 5.92 Å². The van der Waals surface area contributed by atoms with E-state index < -0.39 is 6.61 Å². The third-order valence-corrected chi connectivity index (χ3v) is 7.47. The molecule has 0 spiro atoms. The SMILES string of the molecule is C.CC1CCC(n2c3cnccc3c3cnc(Nc4ccc5c(n4)CCN(C(=O)CO)C5)nc32)CC1. The number of carbonyl (C=O) groups excluding carboxylic acids is 1. The minimum atomic E-state index is -0.463. The molecule has 1 saturated carbocycles. The Morgan fingerprint density at radius 2 is 1.94 bits per heavy atom. The Bertz CT molecular complexity index is 1410. The summed E-state index contributed by atoms with van der Waals surface area (Å²) in [5.74, 6) is 1.71. The van der Waals surface area contributed by atoms with Crippen molar-refractivity contribution in [2.75, 3.05) is 18.5 Å². The highest BCUT2D eigenvalue weighted by Gasteiger charge is 2.25. The van der Waals surface area contributed by atoms with Crippen molar-refractivity contribution in [2.24, 2.45) is 5.92 Å². The summed E-state index contributed by atoms with van der Waals surface area (Å²) in [6, 6.07) is 6.32. The quantitative estimate of drug-likeness (QED) is 0.440. The van der Waals surface area contributed by atoms with Crippen LogP contribution in [0.5, 0.6) is 0 Å². The molecular weight excluding hydrogens is 454 g/mol.